The molecule has 3 nitrogen and oxygen atoms in total. The first-order valence-electron chi connectivity index (χ1n) is 7.25. The normalized spacial score (nSPS) is 10.9. The van der Waals surface area contributed by atoms with E-state index >= 15 is 0 Å². The van der Waals surface area contributed by atoms with E-state index in [9.17, 15) is 4.39 Å². The molecule has 5 heteroatoms. The molecule has 2 aromatic carbocycles. The summed E-state index contributed by atoms with van der Waals surface area (Å²) in [7, 11) is 1.67. The van der Waals surface area contributed by atoms with Gasteiger partial charge in [-0.05, 0) is 35.4 Å². The summed E-state index contributed by atoms with van der Waals surface area (Å²) in [4.78, 5) is 4.50. The van der Waals surface area contributed by atoms with Crippen molar-refractivity contribution in [2.75, 3.05) is 13.0 Å². The highest BCUT2D eigenvalue weighted by Crippen LogP contribution is 2.27. The van der Waals surface area contributed by atoms with Crippen LogP contribution in [0.1, 0.15) is 5.56 Å². The number of rotatable bonds is 6. The lowest BCUT2D eigenvalue weighted by molar-refractivity contribution is 0.258. The minimum atomic E-state index is -0.239. The van der Waals surface area contributed by atoms with Crippen LogP contribution in [0.4, 0.5) is 4.39 Å². The molecule has 3 rings (SSSR count). The van der Waals surface area contributed by atoms with E-state index in [1.165, 1.54) is 17.7 Å². The van der Waals surface area contributed by atoms with Crippen molar-refractivity contribution in [1.29, 1.82) is 0 Å². The number of methoxy groups -OCH3 is 1. The van der Waals surface area contributed by atoms with Crippen LogP contribution in [0.15, 0.2) is 66.0 Å². The highest BCUT2D eigenvalue weighted by atomic mass is 32.2. The van der Waals surface area contributed by atoms with Crippen molar-refractivity contribution >= 4 is 11.8 Å². The van der Waals surface area contributed by atoms with Gasteiger partial charge in [0.25, 0.3) is 0 Å². The Hall–Kier alpha value is -2.11. The number of thioether (sulfide) groups is 1. The number of ether oxygens (including phenoxy) is 1. The van der Waals surface area contributed by atoms with Gasteiger partial charge in [-0.25, -0.2) is 9.37 Å². The van der Waals surface area contributed by atoms with Gasteiger partial charge in [-0.1, -0.05) is 42.1 Å². The van der Waals surface area contributed by atoms with Crippen molar-refractivity contribution in [2.45, 2.75) is 11.7 Å². The lowest BCUT2D eigenvalue weighted by atomic mass is 10.1. The van der Waals surface area contributed by atoms with E-state index in [1.54, 1.807) is 31.0 Å². The number of benzene rings is 2. The molecule has 23 heavy (non-hydrogen) atoms. The number of aromatic nitrogens is 2. The molecule has 0 radical (unpaired) electrons. The Morgan fingerprint density at radius 2 is 1.83 bits per heavy atom. The first kappa shape index (κ1) is 15.8. The zero-order chi connectivity index (χ0) is 16.1. The molecule has 0 aliphatic carbocycles. The third-order valence-corrected chi connectivity index (χ3v) is 4.39. The highest BCUT2D eigenvalue weighted by Gasteiger charge is 2.13. The molecule has 0 amide bonds. The molecule has 0 fully saturated rings. The highest BCUT2D eigenvalue weighted by molar-refractivity contribution is 7.99. The molecule has 0 saturated carbocycles. The van der Waals surface area contributed by atoms with Gasteiger partial charge in [-0.15, -0.1) is 0 Å². The van der Waals surface area contributed by atoms with E-state index in [4.69, 9.17) is 4.74 Å². The van der Waals surface area contributed by atoms with Gasteiger partial charge in [0, 0.05) is 7.11 Å². The van der Waals surface area contributed by atoms with Crippen LogP contribution in [0.5, 0.6) is 0 Å². The average molecular weight is 328 g/mol. The van der Waals surface area contributed by atoms with Gasteiger partial charge in [0.2, 0.25) is 0 Å². The van der Waals surface area contributed by atoms with Crippen molar-refractivity contribution < 1.29 is 9.13 Å². The summed E-state index contributed by atoms with van der Waals surface area (Å²) >= 11 is 1.54. The predicted octanol–water partition coefficient (Wildman–Crippen LogP) is 4.43. The maximum Gasteiger partial charge on any atom is 0.171 e. The Kier molecular flexibility index (Phi) is 5.10. The van der Waals surface area contributed by atoms with Gasteiger partial charge in [0.15, 0.2) is 5.16 Å². The van der Waals surface area contributed by atoms with E-state index in [0.717, 1.165) is 16.4 Å². The van der Waals surface area contributed by atoms with Crippen molar-refractivity contribution in [1.82, 2.24) is 9.55 Å². The van der Waals surface area contributed by atoms with Crippen LogP contribution >= 0.6 is 11.8 Å². The zero-order valence-corrected chi connectivity index (χ0v) is 13.6. The summed E-state index contributed by atoms with van der Waals surface area (Å²) in [5.41, 5.74) is 3.10. The van der Waals surface area contributed by atoms with Crippen molar-refractivity contribution in [3.05, 3.63) is 72.2 Å². The number of nitrogens with zero attached hydrogens (tertiary/aromatic N) is 2. The smallest absolute Gasteiger partial charge is 0.171 e. The van der Waals surface area contributed by atoms with Crippen molar-refractivity contribution in [2.24, 2.45) is 0 Å². The molecular formula is C18H17FN2OS. The summed E-state index contributed by atoms with van der Waals surface area (Å²) in [6.07, 6.45) is 1.83. The van der Waals surface area contributed by atoms with Crippen LogP contribution in [-0.2, 0) is 11.3 Å². The van der Waals surface area contributed by atoms with Crippen molar-refractivity contribution in [3.8, 4) is 11.3 Å². The Morgan fingerprint density at radius 1 is 1.09 bits per heavy atom. The molecule has 1 heterocycles. The van der Waals surface area contributed by atoms with Gasteiger partial charge in [0.1, 0.15) is 5.82 Å². The number of imidazole rings is 1. The molecule has 3 aromatic rings. The average Bonchev–Trinajstić information content (AvgIpc) is 2.97. The Labute approximate surface area is 139 Å². The Morgan fingerprint density at radius 3 is 2.52 bits per heavy atom. The van der Waals surface area contributed by atoms with E-state index in [0.29, 0.717) is 12.5 Å². The minimum absolute atomic E-state index is 0.239. The maximum absolute atomic E-state index is 13.2. The van der Waals surface area contributed by atoms with Gasteiger partial charge < -0.3 is 9.30 Å². The number of hydrogen-bond acceptors (Lipinski definition) is 3. The van der Waals surface area contributed by atoms with Crippen LogP contribution in [-0.4, -0.2) is 22.6 Å². The summed E-state index contributed by atoms with van der Waals surface area (Å²) in [5, 5.41) is 0.884. The molecule has 0 atom stereocenters. The zero-order valence-electron chi connectivity index (χ0n) is 12.8. The molecule has 0 saturated heterocycles. The van der Waals surface area contributed by atoms with Crippen LogP contribution in [0, 0.1) is 5.82 Å². The summed E-state index contributed by atoms with van der Waals surface area (Å²) in [6.45, 7) is 0.708. The van der Waals surface area contributed by atoms with E-state index < -0.39 is 0 Å². The van der Waals surface area contributed by atoms with Crippen LogP contribution in [0.3, 0.4) is 0 Å². The van der Waals surface area contributed by atoms with E-state index in [2.05, 4.69) is 21.7 Å². The fourth-order valence-corrected chi connectivity index (χ4v) is 3.02. The molecular weight excluding hydrogens is 311 g/mol. The first-order chi connectivity index (χ1) is 11.3. The van der Waals surface area contributed by atoms with Gasteiger partial charge in [-0.3, -0.25) is 0 Å². The quantitative estimate of drug-likeness (QED) is 0.495. The van der Waals surface area contributed by atoms with E-state index in [-0.39, 0.29) is 5.82 Å². The molecule has 0 bridgehead atoms. The van der Waals surface area contributed by atoms with Crippen LogP contribution < -0.4 is 0 Å². The SMILES string of the molecule is COCSc1ncc(-c2ccc(F)cc2)n1Cc1ccccc1. The molecule has 0 N–H and O–H groups in total. The van der Waals surface area contributed by atoms with Crippen molar-refractivity contribution in [3.63, 3.8) is 0 Å². The monoisotopic (exact) mass is 328 g/mol. The van der Waals surface area contributed by atoms with Gasteiger partial charge in [0.05, 0.1) is 24.4 Å². The second-order valence-corrected chi connectivity index (χ2v) is 5.95. The van der Waals surface area contributed by atoms with Crippen LogP contribution in [0.2, 0.25) is 0 Å². The molecule has 0 aliphatic heterocycles. The summed E-state index contributed by atoms with van der Waals surface area (Å²) < 4.78 is 20.5. The fourth-order valence-electron chi connectivity index (χ4n) is 2.36. The lowest BCUT2D eigenvalue weighted by Crippen LogP contribution is -2.04. The Balaban J connectivity index is 1.98. The first-order valence-corrected chi connectivity index (χ1v) is 8.23. The molecule has 0 spiro atoms. The predicted molar refractivity (Wildman–Crippen MR) is 90.9 cm³/mol. The fraction of sp³-hybridized carbons (Fsp3) is 0.167. The standard InChI is InChI=1S/C18H17FN2OS/c1-22-13-23-18-20-11-17(15-7-9-16(19)10-8-15)21(18)12-14-5-3-2-4-6-14/h2-11H,12-13H2,1H3. The molecule has 0 aliphatic rings. The maximum atomic E-state index is 13.2. The number of halogens is 1. The van der Waals surface area contributed by atoms with Gasteiger partial charge >= 0.3 is 0 Å². The largest absolute Gasteiger partial charge is 0.374 e. The number of hydrogen-bond donors (Lipinski definition) is 0. The summed E-state index contributed by atoms with van der Waals surface area (Å²) in [6, 6.07) is 16.7. The molecule has 118 valence electrons. The van der Waals surface area contributed by atoms with Crippen LogP contribution in [0.25, 0.3) is 11.3 Å². The third kappa shape index (κ3) is 3.81. The Bertz CT molecular complexity index is 756. The lowest BCUT2D eigenvalue weighted by Gasteiger charge is -2.12. The molecule has 0 unspecified atom stereocenters. The minimum Gasteiger partial charge on any atom is -0.374 e. The second kappa shape index (κ2) is 7.44. The topological polar surface area (TPSA) is 27.1 Å². The van der Waals surface area contributed by atoms with Gasteiger partial charge in [-0.2, -0.15) is 0 Å². The molecule has 1 aromatic heterocycles. The second-order valence-electron chi connectivity index (χ2n) is 5.06. The third-order valence-electron chi connectivity index (χ3n) is 3.45. The van der Waals surface area contributed by atoms with E-state index in [1.807, 2.05) is 24.4 Å². The summed E-state index contributed by atoms with van der Waals surface area (Å²) in [5.74, 6) is 0.297.